The Bertz CT molecular complexity index is 697. The summed E-state index contributed by atoms with van der Waals surface area (Å²) in [5.41, 5.74) is 3.04. The molecular weight excluding hydrogens is 288 g/mol. The van der Waals surface area contributed by atoms with Crippen LogP contribution in [0.5, 0.6) is 0 Å². The van der Waals surface area contributed by atoms with Crippen molar-refractivity contribution in [1.29, 1.82) is 0 Å². The van der Waals surface area contributed by atoms with Crippen LogP contribution in [0.3, 0.4) is 0 Å². The first-order valence-electron chi connectivity index (χ1n) is 8.17. The van der Waals surface area contributed by atoms with Crippen LogP contribution in [-0.2, 0) is 13.0 Å². The van der Waals surface area contributed by atoms with Gasteiger partial charge in [-0.1, -0.05) is 24.3 Å². The molecule has 0 bridgehead atoms. The van der Waals surface area contributed by atoms with Gasteiger partial charge in [0.25, 0.3) is 5.91 Å². The minimum atomic E-state index is -0.0182. The van der Waals surface area contributed by atoms with Crippen molar-refractivity contribution in [2.75, 3.05) is 24.5 Å². The van der Waals surface area contributed by atoms with Crippen LogP contribution in [0.15, 0.2) is 36.5 Å². The van der Waals surface area contributed by atoms with Gasteiger partial charge < -0.3 is 9.80 Å². The molecule has 0 saturated heterocycles. The second-order valence-electron chi connectivity index (χ2n) is 5.66. The highest BCUT2D eigenvalue weighted by Gasteiger charge is 2.23. The Morgan fingerprint density at radius 2 is 1.91 bits per heavy atom. The topological polar surface area (TPSA) is 49.3 Å². The van der Waals surface area contributed by atoms with E-state index in [1.165, 1.54) is 11.1 Å². The van der Waals surface area contributed by atoms with E-state index >= 15 is 0 Å². The minimum absolute atomic E-state index is 0.0182. The monoisotopic (exact) mass is 310 g/mol. The van der Waals surface area contributed by atoms with Crippen molar-refractivity contribution in [3.8, 4) is 0 Å². The lowest BCUT2D eigenvalue weighted by Gasteiger charge is -2.28. The molecule has 0 atom stereocenters. The maximum absolute atomic E-state index is 12.8. The Morgan fingerprint density at radius 1 is 1.17 bits per heavy atom. The van der Waals surface area contributed by atoms with Gasteiger partial charge in [0, 0.05) is 32.4 Å². The van der Waals surface area contributed by atoms with E-state index in [1.807, 2.05) is 15.9 Å². The van der Waals surface area contributed by atoms with Crippen molar-refractivity contribution < 1.29 is 4.79 Å². The number of hydrogen-bond donors (Lipinski definition) is 0. The summed E-state index contributed by atoms with van der Waals surface area (Å²) in [6.45, 7) is 7.16. The number of hydrogen-bond acceptors (Lipinski definition) is 4. The van der Waals surface area contributed by atoms with Crippen molar-refractivity contribution in [3.05, 3.63) is 53.3 Å². The summed E-state index contributed by atoms with van der Waals surface area (Å²) < 4.78 is 0. The Hall–Kier alpha value is -2.43. The van der Waals surface area contributed by atoms with Crippen LogP contribution in [-0.4, -0.2) is 40.4 Å². The predicted octanol–water partition coefficient (Wildman–Crippen LogP) is 2.52. The molecule has 1 amide bonds. The first kappa shape index (κ1) is 15.5. The molecule has 0 fully saturated rings. The molecule has 3 rings (SSSR count). The highest BCUT2D eigenvalue weighted by atomic mass is 16.2. The highest BCUT2D eigenvalue weighted by molar-refractivity contribution is 5.92. The number of benzene rings is 1. The molecule has 23 heavy (non-hydrogen) atoms. The zero-order valence-corrected chi connectivity index (χ0v) is 13.7. The molecule has 0 saturated carbocycles. The molecule has 2 aromatic rings. The van der Waals surface area contributed by atoms with Crippen LogP contribution in [0.4, 0.5) is 5.95 Å². The van der Waals surface area contributed by atoms with Gasteiger partial charge in [0.05, 0.1) is 0 Å². The molecule has 0 spiro atoms. The third kappa shape index (κ3) is 3.18. The van der Waals surface area contributed by atoms with Gasteiger partial charge in [-0.25, -0.2) is 9.97 Å². The average Bonchev–Trinajstić information content (AvgIpc) is 2.62. The summed E-state index contributed by atoms with van der Waals surface area (Å²) in [5, 5.41) is 0. The lowest BCUT2D eigenvalue weighted by molar-refractivity contribution is 0.0728. The zero-order valence-electron chi connectivity index (χ0n) is 13.7. The van der Waals surface area contributed by atoms with Gasteiger partial charge in [-0.15, -0.1) is 0 Å². The van der Waals surface area contributed by atoms with Crippen molar-refractivity contribution in [2.24, 2.45) is 0 Å². The van der Waals surface area contributed by atoms with Crippen LogP contribution in [0.2, 0.25) is 0 Å². The summed E-state index contributed by atoms with van der Waals surface area (Å²) in [6, 6.07) is 10.0. The van der Waals surface area contributed by atoms with Crippen LogP contribution in [0.1, 0.15) is 35.5 Å². The molecule has 120 valence electrons. The van der Waals surface area contributed by atoms with E-state index in [0.29, 0.717) is 18.2 Å². The zero-order chi connectivity index (χ0) is 16.2. The standard InChI is InChI=1S/C18H22N4O/c1-3-21(4-2)18-19-11-9-16(20-18)17(23)22-12-10-14-7-5-6-8-15(14)13-22/h5-9,11H,3-4,10,12-13H2,1-2H3. The summed E-state index contributed by atoms with van der Waals surface area (Å²) in [4.78, 5) is 25.5. The quantitative estimate of drug-likeness (QED) is 0.871. The molecule has 1 aromatic carbocycles. The minimum Gasteiger partial charge on any atom is -0.341 e. The average molecular weight is 310 g/mol. The largest absolute Gasteiger partial charge is 0.341 e. The van der Waals surface area contributed by atoms with Gasteiger partial charge in [0.1, 0.15) is 5.69 Å². The van der Waals surface area contributed by atoms with E-state index < -0.39 is 0 Å². The highest BCUT2D eigenvalue weighted by Crippen LogP contribution is 2.20. The number of amides is 1. The third-order valence-corrected chi connectivity index (χ3v) is 4.33. The summed E-state index contributed by atoms with van der Waals surface area (Å²) in [5.74, 6) is 0.605. The summed E-state index contributed by atoms with van der Waals surface area (Å²) in [7, 11) is 0. The predicted molar refractivity (Wildman–Crippen MR) is 90.5 cm³/mol. The smallest absolute Gasteiger partial charge is 0.272 e. The van der Waals surface area contributed by atoms with E-state index in [4.69, 9.17) is 0 Å². The first-order chi connectivity index (χ1) is 11.2. The number of nitrogens with zero attached hydrogens (tertiary/aromatic N) is 4. The van der Waals surface area contributed by atoms with Gasteiger partial charge in [-0.3, -0.25) is 4.79 Å². The number of carbonyl (C=O) groups excluding carboxylic acids is 1. The van der Waals surface area contributed by atoms with E-state index in [2.05, 4.69) is 42.0 Å². The number of anilines is 1. The van der Waals surface area contributed by atoms with Crippen LogP contribution in [0, 0.1) is 0 Å². The molecule has 0 radical (unpaired) electrons. The maximum atomic E-state index is 12.8. The second-order valence-corrected chi connectivity index (χ2v) is 5.66. The van der Waals surface area contributed by atoms with E-state index in [1.54, 1.807) is 12.3 Å². The molecule has 5 nitrogen and oxygen atoms in total. The van der Waals surface area contributed by atoms with Crippen molar-refractivity contribution in [1.82, 2.24) is 14.9 Å². The third-order valence-electron chi connectivity index (χ3n) is 4.33. The molecule has 0 N–H and O–H groups in total. The Balaban J connectivity index is 1.80. The van der Waals surface area contributed by atoms with Crippen molar-refractivity contribution in [2.45, 2.75) is 26.8 Å². The van der Waals surface area contributed by atoms with Crippen LogP contribution >= 0.6 is 0 Å². The van der Waals surface area contributed by atoms with Crippen molar-refractivity contribution >= 4 is 11.9 Å². The van der Waals surface area contributed by atoms with Crippen LogP contribution in [0.25, 0.3) is 0 Å². The fourth-order valence-corrected chi connectivity index (χ4v) is 2.96. The molecule has 1 aliphatic rings. The van der Waals surface area contributed by atoms with Crippen LogP contribution < -0.4 is 4.90 Å². The van der Waals surface area contributed by atoms with Gasteiger partial charge in [0.15, 0.2) is 0 Å². The SMILES string of the molecule is CCN(CC)c1nccc(C(=O)N2CCc3ccccc3C2)n1. The molecule has 2 heterocycles. The lowest BCUT2D eigenvalue weighted by atomic mass is 10.00. The fraction of sp³-hybridized carbons (Fsp3) is 0.389. The van der Waals surface area contributed by atoms with Crippen molar-refractivity contribution in [3.63, 3.8) is 0 Å². The fourth-order valence-electron chi connectivity index (χ4n) is 2.96. The lowest BCUT2D eigenvalue weighted by Crippen LogP contribution is -2.36. The number of rotatable bonds is 4. The van der Waals surface area contributed by atoms with E-state index in [-0.39, 0.29) is 5.91 Å². The van der Waals surface area contributed by atoms with Gasteiger partial charge in [0.2, 0.25) is 5.95 Å². The number of carbonyl (C=O) groups is 1. The first-order valence-corrected chi connectivity index (χ1v) is 8.17. The number of aromatic nitrogens is 2. The molecule has 1 aliphatic heterocycles. The molecule has 5 heteroatoms. The summed E-state index contributed by atoms with van der Waals surface area (Å²) >= 11 is 0. The second kappa shape index (κ2) is 6.77. The molecule has 0 unspecified atom stereocenters. The van der Waals surface area contributed by atoms with Gasteiger partial charge in [-0.05, 0) is 37.5 Å². The molecular formula is C18H22N4O. The molecule has 0 aliphatic carbocycles. The van der Waals surface area contributed by atoms with E-state index in [9.17, 15) is 4.79 Å². The van der Waals surface area contributed by atoms with Gasteiger partial charge >= 0.3 is 0 Å². The van der Waals surface area contributed by atoms with E-state index in [0.717, 1.165) is 26.1 Å². The van der Waals surface area contributed by atoms with Gasteiger partial charge in [-0.2, -0.15) is 0 Å². The number of fused-ring (bicyclic) bond motifs is 1. The Morgan fingerprint density at radius 3 is 2.65 bits per heavy atom. The normalized spacial score (nSPS) is 13.6. The maximum Gasteiger partial charge on any atom is 0.272 e. The Kier molecular flexibility index (Phi) is 4.55. The Labute approximate surface area is 137 Å². The summed E-state index contributed by atoms with van der Waals surface area (Å²) in [6.07, 6.45) is 2.57. The molecule has 1 aromatic heterocycles.